The van der Waals surface area contributed by atoms with Gasteiger partial charge in [0.1, 0.15) is 0 Å². The van der Waals surface area contributed by atoms with Crippen LogP contribution in [0.5, 0.6) is 0 Å². The van der Waals surface area contributed by atoms with Gasteiger partial charge in [-0.2, -0.15) is 0 Å². The van der Waals surface area contributed by atoms with Gasteiger partial charge in [0.05, 0.1) is 16.3 Å². The van der Waals surface area contributed by atoms with Gasteiger partial charge >= 0.3 is 0 Å². The maximum Gasteiger partial charge on any atom is 0.240 e. The molecule has 0 aliphatic rings. The summed E-state index contributed by atoms with van der Waals surface area (Å²) in [5.41, 5.74) is 7.08. The smallest absolute Gasteiger partial charge is 0.240 e. The summed E-state index contributed by atoms with van der Waals surface area (Å²) in [6.45, 7) is 7.12. The number of rotatable bonds is 7. The van der Waals surface area contributed by atoms with Crippen LogP contribution in [0.2, 0.25) is 0 Å². The molecule has 0 aliphatic carbocycles. The lowest BCUT2D eigenvalue weighted by atomic mass is 10.1. The summed E-state index contributed by atoms with van der Waals surface area (Å²) in [6, 6.07) is 4.71. The van der Waals surface area contributed by atoms with Gasteiger partial charge in [0.25, 0.3) is 0 Å². The monoisotopic (exact) mass is 285 g/mol. The highest BCUT2D eigenvalue weighted by molar-refractivity contribution is 7.89. The third-order valence-electron chi connectivity index (χ3n) is 3.01. The van der Waals surface area contributed by atoms with Crippen LogP contribution in [0, 0.1) is 5.92 Å². The third-order valence-corrected chi connectivity index (χ3v) is 4.55. The lowest BCUT2D eigenvalue weighted by Crippen LogP contribution is -2.23. The van der Waals surface area contributed by atoms with Gasteiger partial charge < -0.3 is 11.1 Å². The van der Waals surface area contributed by atoms with Crippen molar-refractivity contribution >= 4 is 21.4 Å². The van der Waals surface area contributed by atoms with Crippen molar-refractivity contribution in [3.8, 4) is 0 Å². The SMILES string of the molecule is CCNS(=O)(=O)c1ccc(N)c(NCC(C)CC)c1. The first kappa shape index (κ1) is 15.8. The molecule has 1 unspecified atom stereocenters. The van der Waals surface area contributed by atoms with E-state index in [9.17, 15) is 8.42 Å². The molecule has 0 spiro atoms. The Morgan fingerprint density at radius 1 is 1.32 bits per heavy atom. The number of nitrogens with one attached hydrogen (secondary N) is 2. The van der Waals surface area contributed by atoms with Gasteiger partial charge in [-0.3, -0.25) is 0 Å². The fourth-order valence-corrected chi connectivity index (χ4v) is 2.62. The average Bonchev–Trinajstić information content (AvgIpc) is 2.37. The van der Waals surface area contributed by atoms with Crippen molar-refractivity contribution in [3.05, 3.63) is 18.2 Å². The van der Waals surface area contributed by atoms with Crippen molar-refractivity contribution in [1.29, 1.82) is 0 Å². The quantitative estimate of drug-likeness (QED) is 0.669. The summed E-state index contributed by atoms with van der Waals surface area (Å²) in [5, 5.41) is 3.20. The molecule has 6 heteroatoms. The Balaban J connectivity index is 2.94. The molecule has 1 atom stereocenters. The minimum absolute atomic E-state index is 0.232. The number of anilines is 2. The molecule has 108 valence electrons. The van der Waals surface area contributed by atoms with Crippen LogP contribution in [0.3, 0.4) is 0 Å². The standard InChI is InChI=1S/C13H23N3O2S/c1-4-10(3)9-15-13-8-11(6-7-12(13)14)19(17,18)16-5-2/h6-8,10,15-16H,4-5,9,14H2,1-3H3. The van der Waals surface area contributed by atoms with Gasteiger partial charge in [-0.05, 0) is 24.1 Å². The van der Waals surface area contributed by atoms with Crippen molar-refractivity contribution in [2.24, 2.45) is 5.92 Å². The minimum Gasteiger partial charge on any atom is -0.397 e. The van der Waals surface area contributed by atoms with Crippen molar-refractivity contribution < 1.29 is 8.42 Å². The molecular formula is C13H23N3O2S. The molecule has 0 aromatic heterocycles. The summed E-state index contributed by atoms with van der Waals surface area (Å²) in [5.74, 6) is 0.508. The molecule has 0 amide bonds. The number of hydrogen-bond donors (Lipinski definition) is 3. The predicted octanol–water partition coefficient (Wildman–Crippen LogP) is 2.02. The lowest BCUT2D eigenvalue weighted by molar-refractivity contribution is 0.583. The first-order chi connectivity index (χ1) is 8.90. The molecule has 0 saturated carbocycles. The van der Waals surface area contributed by atoms with E-state index in [2.05, 4.69) is 23.9 Å². The zero-order chi connectivity index (χ0) is 14.5. The zero-order valence-corrected chi connectivity index (χ0v) is 12.5. The largest absolute Gasteiger partial charge is 0.397 e. The summed E-state index contributed by atoms with van der Waals surface area (Å²) in [7, 11) is -3.44. The number of hydrogen-bond acceptors (Lipinski definition) is 4. The van der Waals surface area contributed by atoms with Gasteiger partial charge in [-0.25, -0.2) is 13.1 Å². The summed E-state index contributed by atoms with van der Waals surface area (Å²) >= 11 is 0. The van der Waals surface area contributed by atoms with E-state index in [-0.39, 0.29) is 4.90 Å². The van der Waals surface area contributed by atoms with E-state index in [1.165, 1.54) is 6.07 Å². The number of nitrogen functional groups attached to an aromatic ring is 1. The number of sulfonamides is 1. The molecule has 5 nitrogen and oxygen atoms in total. The second-order valence-electron chi connectivity index (χ2n) is 4.64. The molecule has 1 rings (SSSR count). The normalized spacial score (nSPS) is 13.2. The van der Waals surface area contributed by atoms with E-state index in [1.807, 2.05) is 0 Å². The Hall–Kier alpha value is -1.27. The topological polar surface area (TPSA) is 84.2 Å². The Morgan fingerprint density at radius 3 is 2.58 bits per heavy atom. The maximum absolute atomic E-state index is 11.9. The second-order valence-corrected chi connectivity index (χ2v) is 6.41. The minimum atomic E-state index is -3.44. The van der Waals surface area contributed by atoms with Gasteiger partial charge in [0, 0.05) is 13.1 Å². The molecule has 1 aromatic carbocycles. The van der Waals surface area contributed by atoms with Gasteiger partial charge in [0.15, 0.2) is 0 Å². The van der Waals surface area contributed by atoms with Crippen LogP contribution in [0.25, 0.3) is 0 Å². The van der Waals surface area contributed by atoms with E-state index in [0.717, 1.165) is 13.0 Å². The van der Waals surface area contributed by atoms with Crippen LogP contribution in [0.1, 0.15) is 27.2 Å². The lowest BCUT2D eigenvalue weighted by Gasteiger charge is -2.14. The van der Waals surface area contributed by atoms with Crippen LogP contribution in [0.15, 0.2) is 23.1 Å². The summed E-state index contributed by atoms with van der Waals surface area (Å²) < 4.78 is 26.3. The van der Waals surface area contributed by atoms with Crippen molar-refractivity contribution in [1.82, 2.24) is 4.72 Å². The highest BCUT2D eigenvalue weighted by Crippen LogP contribution is 2.23. The van der Waals surface area contributed by atoms with E-state index in [4.69, 9.17) is 5.73 Å². The van der Waals surface area contributed by atoms with Crippen LogP contribution in [-0.2, 0) is 10.0 Å². The zero-order valence-electron chi connectivity index (χ0n) is 11.7. The molecule has 0 heterocycles. The average molecular weight is 285 g/mol. The molecule has 1 aromatic rings. The third kappa shape index (κ3) is 4.40. The van der Waals surface area contributed by atoms with E-state index in [0.29, 0.717) is 23.8 Å². The van der Waals surface area contributed by atoms with Crippen molar-refractivity contribution in [2.75, 3.05) is 24.1 Å². The van der Waals surface area contributed by atoms with Crippen LogP contribution < -0.4 is 15.8 Å². The van der Waals surface area contributed by atoms with E-state index in [1.54, 1.807) is 19.1 Å². The number of nitrogens with two attached hydrogens (primary N) is 1. The summed E-state index contributed by atoms with van der Waals surface area (Å²) in [6.07, 6.45) is 1.06. The molecular weight excluding hydrogens is 262 g/mol. The van der Waals surface area contributed by atoms with Crippen molar-refractivity contribution in [3.63, 3.8) is 0 Å². The molecule has 0 bridgehead atoms. The fourth-order valence-electron chi connectivity index (χ4n) is 1.56. The highest BCUT2D eigenvalue weighted by Gasteiger charge is 2.14. The van der Waals surface area contributed by atoms with Crippen LogP contribution in [0.4, 0.5) is 11.4 Å². The predicted molar refractivity (Wildman–Crippen MR) is 79.7 cm³/mol. The van der Waals surface area contributed by atoms with Gasteiger partial charge in [-0.15, -0.1) is 0 Å². The molecule has 19 heavy (non-hydrogen) atoms. The second kappa shape index (κ2) is 6.77. The summed E-state index contributed by atoms with van der Waals surface area (Å²) in [4.78, 5) is 0.232. The Morgan fingerprint density at radius 2 is 2.00 bits per heavy atom. The van der Waals surface area contributed by atoms with E-state index >= 15 is 0 Å². The number of benzene rings is 1. The first-order valence-electron chi connectivity index (χ1n) is 6.53. The molecule has 0 aliphatic heterocycles. The van der Waals surface area contributed by atoms with Crippen LogP contribution >= 0.6 is 0 Å². The molecule has 0 fully saturated rings. The Kier molecular flexibility index (Phi) is 5.62. The highest BCUT2D eigenvalue weighted by atomic mass is 32.2. The molecule has 0 saturated heterocycles. The van der Waals surface area contributed by atoms with Crippen molar-refractivity contribution in [2.45, 2.75) is 32.1 Å². The van der Waals surface area contributed by atoms with Gasteiger partial charge in [-0.1, -0.05) is 27.2 Å². The maximum atomic E-state index is 11.9. The molecule has 0 radical (unpaired) electrons. The van der Waals surface area contributed by atoms with Gasteiger partial charge in [0.2, 0.25) is 10.0 Å². The fraction of sp³-hybridized carbons (Fsp3) is 0.538. The molecule has 4 N–H and O–H groups in total. The Bertz CT molecular complexity index is 515. The van der Waals surface area contributed by atoms with Crippen LogP contribution in [-0.4, -0.2) is 21.5 Å². The van der Waals surface area contributed by atoms with E-state index < -0.39 is 10.0 Å². The Labute approximate surface area is 115 Å². The first-order valence-corrected chi connectivity index (χ1v) is 8.02.